The number of hydrogen-bond acceptors (Lipinski definition) is 3. The van der Waals surface area contributed by atoms with E-state index in [2.05, 4.69) is 5.32 Å². The molecule has 0 saturated heterocycles. The molecule has 11 heteroatoms. The monoisotopic (exact) mass is 427 g/mol. The van der Waals surface area contributed by atoms with Gasteiger partial charge in [-0.1, -0.05) is 11.6 Å². The molecule has 0 aliphatic heterocycles. The Labute approximate surface area is 160 Å². The van der Waals surface area contributed by atoms with Crippen LogP contribution in [0.4, 0.5) is 32.0 Å². The van der Waals surface area contributed by atoms with Crippen molar-refractivity contribution in [2.45, 2.75) is 12.4 Å². The highest BCUT2D eigenvalue weighted by Crippen LogP contribution is 2.38. The highest BCUT2D eigenvalue weighted by Gasteiger charge is 2.37. The number of benzene rings is 2. The quantitative estimate of drug-likeness (QED) is 0.642. The maximum absolute atomic E-state index is 12.9. The smallest absolute Gasteiger partial charge is 0.416 e. The summed E-state index contributed by atoms with van der Waals surface area (Å²) in [6.07, 6.45) is -10.1. The summed E-state index contributed by atoms with van der Waals surface area (Å²) in [6.45, 7) is 0. The topological polar surface area (TPSA) is 47.6 Å². The van der Waals surface area contributed by atoms with Crippen LogP contribution in [0, 0.1) is 0 Å². The lowest BCUT2D eigenvalue weighted by Crippen LogP contribution is -2.17. The Morgan fingerprint density at radius 1 is 0.857 bits per heavy atom. The normalized spacial score (nSPS) is 11.9. The van der Waals surface area contributed by atoms with Gasteiger partial charge in [-0.2, -0.15) is 26.3 Å². The molecule has 2 rings (SSSR count). The van der Waals surface area contributed by atoms with Gasteiger partial charge < -0.3 is 14.8 Å². The van der Waals surface area contributed by atoms with Crippen molar-refractivity contribution in [2.75, 3.05) is 19.5 Å². The molecule has 0 bridgehead atoms. The fourth-order valence-corrected chi connectivity index (χ4v) is 2.47. The Balaban J connectivity index is 2.50. The lowest BCUT2D eigenvalue weighted by molar-refractivity contribution is -0.143. The summed E-state index contributed by atoms with van der Waals surface area (Å²) in [6, 6.07) is 3.07. The van der Waals surface area contributed by atoms with E-state index >= 15 is 0 Å². The van der Waals surface area contributed by atoms with Gasteiger partial charge in [-0.15, -0.1) is 0 Å². The minimum Gasteiger partial charge on any atom is -0.495 e. The molecular weight excluding hydrogens is 416 g/mol. The SMILES string of the molecule is COc1cc(NC(=O)c2cc(C(F)(F)F)cc(C(F)(F)F)c2)c(OC)cc1Cl. The number of carbonyl (C=O) groups excluding carboxylic acids is 1. The van der Waals surface area contributed by atoms with Crippen LogP contribution in [0.1, 0.15) is 21.5 Å². The Hall–Kier alpha value is -2.62. The molecule has 0 heterocycles. The van der Waals surface area contributed by atoms with E-state index in [1.165, 1.54) is 26.4 Å². The number of nitrogens with one attached hydrogen (secondary N) is 1. The van der Waals surface area contributed by atoms with Gasteiger partial charge in [0.05, 0.1) is 36.1 Å². The molecule has 152 valence electrons. The van der Waals surface area contributed by atoms with Crippen LogP contribution in [0.15, 0.2) is 30.3 Å². The van der Waals surface area contributed by atoms with Crippen molar-refractivity contribution >= 4 is 23.2 Å². The average Bonchev–Trinajstić information content (AvgIpc) is 2.60. The number of methoxy groups -OCH3 is 2. The molecule has 0 aliphatic rings. The average molecular weight is 428 g/mol. The Morgan fingerprint density at radius 3 is 1.79 bits per heavy atom. The first kappa shape index (κ1) is 21.7. The Bertz CT molecular complexity index is 863. The first-order valence-corrected chi connectivity index (χ1v) is 7.77. The molecule has 0 aromatic heterocycles. The summed E-state index contributed by atoms with van der Waals surface area (Å²) in [5.41, 5.74) is -4.10. The molecular formula is C17H12ClF6NO3. The van der Waals surface area contributed by atoms with Gasteiger partial charge in [0.15, 0.2) is 0 Å². The second kappa shape index (κ2) is 7.78. The molecule has 0 aliphatic carbocycles. The fraction of sp³-hybridized carbons (Fsp3) is 0.235. The van der Waals surface area contributed by atoms with E-state index in [-0.39, 0.29) is 28.3 Å². The fourth-order valence-electron chi connectivity index (χ4n) is 2.24. The lowest BCUT2D eigenvalue weighted by atomic mass is 10.0. The van der Waals surface area contributed by atoms with Crippen LogP contribution in [0.2, 0.25) is 5.02 Å². The third kappa shape index (κ3) is 4.80. The summed E-state index contributed by atoms with van der Waals surface area (Å²) in [5, 5.41) is 2.32. The van der Waals surface area contributed by atoms with Crippen LogP contribution in [0.3, 0.4) is 0 Å². The number of carbonyl (C=O) groups is 1. The van der Waals surface area contributed by atoms with Gasteiger partial charge in [-0.25, -0.2) is 0 Å². The first-order valence-electron chi connectivity index (χ1n) is 7.39. The van der Waals surface area contributed by atoms with Gasteiger partial charge in [0, 0.05) is 17.7 Å². The number of ether oxygens (including phenoxy) is 2. The predicted octanol–water partition coefficient (Wildman–Crippen LogP) is 5.65. The molecule has 28 heavy (non-hydrogen) atoms. The van der Waals surface area contributed by atoms with Crippen LogP contribution in [-0.2, 0) is 12.4 Å². The molecule has 2 aromatic carbocycles. The van der Waals surface area contributed by atoms with Crippen molar-refractivity contribution in [3.05, 3.63) is 52.0 Å². The van der Waals surface area contributed by atoms with Gasteiger partial charge in [-0.05, 0) is 18.2 Å². The maximum Gasteiger partial charge on any atom is 0.416 e. The van der Waals surface area contributed by atoms with E-state index in [0.717, 1.165) is 0 Å². The van der Waals surface area contributed by atoms with E-state index in [1.54, 1.807) is 0 Å². The van der Waals surface area contributed by atoms with Crippen molar-refractivity contribution in [3.63, 3.8) is 0 Å². The molecule has 1 amide bonds. The Morgan fingerprint density at radius 2 is 1.36 bits per heavy atom. The molecule has 0 atom stereocenters. The maximum atomic E-state index is 12.9. The van der Waals surface area contributed by atoms with Crippen molar-refractivity contribution in [1.82, 2.24) is 0 Å². The molecule has 1 N–H and O–H groups in total. The molecule has 0 radical (unpaired) electrons. The summed E-state index contributed by atoms with van der Waals surface area (Å²) < 4.78 is 87.6. The summed E-state index contributed by atoms with van der Waals surface area (Å²) >= 11 is 5.91. The van der Waals surface area contributed by atoms with Crippen molar-refractivity contribution in [2.24, 2.45) is 0 Å². The second-order valence-electron chi connectivity index (χ2n) is 5.44. The zero-order valence-electron chi connectivity index (χ0n) is 14.3. The highest BCUT2D eigenvalue weighted by molar-refractivity contribution is 6.32. The largest absolute Gasteiger partial charge is 0.495 e. The van der Waals surface area contributed by atoms with E-state index in [0.29, 0.717) is 12.1 Å². The standard InChI is InChI=1S/C17H12ClF6NO3/c1-27-13-7-12(14(28-2)6-11(13)18)25-15(26)8-3-9(16(19,20)21)5-10(4-8)17(22,23)24/h3-7H,1-2H3,(H,25,26). The summed E-state index contributed by atoms with van der Waals surface area (Å²) in [5.74, 6) is -1.07. The summed E-state index contributed by atoms with van der Waals surface area (Å²) in [7, 11) is 2.52. The second-order valence-corrected chi connectivity index (χ2v) is 5.84. The van der Waals surface area contributed by atoms with Crippen LogP contribution >= 0.6 is 11.6 Å². The van der Waals surface area contributed by atoms with E-state index in [4.69, 9.17) is 21.1 Å². The van der Waals surface area contributed by atoms with Gasteiger partial charge in [0.1, 0.15) is 11.5 Å². The zero-order chi connectivity index (χ0) is 21.3. The first-order chi connectivity index (χ1) is 12.9. The molecule has 0 spiro atoms. The number of halogens is 7. The molecule has 0 fully saturated rings. The van der Waals surface area contributed by atoms with Gasteiger partial charge in [0.25, 0.3) is 5.91 Å². The number of rotatable bonds is 4. The number of alkyl halides is 6. The molecule has 0 saturated carbocycles. The van der Waals surface area contributed by atoms with Gasteiger partial charge in [0.2, 0.25) is 0 Å². The minimum absolute atomic E-state index is 0.0298. The number of amides is 1. The molecule has 0 unspecified atom stereocenters. The van der Waals surface area contributed by atoms with Crippen LogP contribution in [-0.4, -0.2) is 20.1 Å². The zero-order valence-corrected chi connectivity index (χ0v) is 15.0. The number of anilines is 1. The molecule has 2 aromatic rings. The summed E-state index contributed by atoms with van der Waals surface area (Å²) in [4.78, 5) is 12.3. The van der Waals surface area contributed by atoms with Crippen LogP contribution in [0.5, 0.6) is 11.5 Å². The van der Waals surface area contributed by atoms with Crippen molar-refractivity contribution < 1.29 is 40.6 Å². The van der Waals surface area contributed by atoms with Crippen molar-refractivity contribution in [1.29, 1.82) is 0 Å². The van der Waals surface area contributed by atoms with Gasteiger partial charge in [-0.3, -0.25) is 4.79 Å². The van der Waals surface area contributed by atoms with Crippen molar-refractivity contribution in [3.8, 4) is 11.5 Å². The lowest BCUT2D eigenvalue weighted by Gasteiger charge is -2.16. The molecule has 4 nitrogen and oxygen atoms in total. The predicted molar refractivity (Wildman–Crippen MR) is 89.0 cm³/mol. The Kier molecular flexibility index (Phi) is 6.03. The van der Waals surface area contributed by atoms with Crippen LogP contribution < -0.4 is 14.8 Å². The van der Waals surface area contributed by atoms with Gasteiger partial charge >= 0.3 is 12.4 Å². The minimum atomic E-state index is -5.07. The number of hydrogen-bond donors (Lipinski definition) is 1. The van der Waals surface area contributed by atoms with E-state index in [1.807, 2.05) is 0 Å². The van der Waals surface area contributed by atoms with E-state index in [9.17, 15) is 31.1 Å². The highest BCUT2D eigenvalue weighted by atomic mass is 35.5. The third-order valence-electron chi connectivity index (χ3n) is 3.57. The van der Waals surface area contributed by atoms with Crippen LogP contribution in [0.25, 0.3) is 0 Å². The third-order valence-corrected chi connectivity index (χ3v) is 3.87. The van der Waals surface area contributed by atoms with E-state index < -0.39 is 35.0 Å².